The Labute approximate surface area is 93.7 Å². The van der Waals surface area contributed by atoms with E-state index in [1.807, 2.05) is 18.2 Å². The SMILES string of the molecule is CS(=O)c1ccccc1N1CCCCC1. The van der Waals surface area contributed by atoms with E-state index in [9.17, 15) is 4.21 Å². The van der Waals surface area contributed by atoms with Gasteiger partial charge in [-0.3, -0.25) is 4.21 Å². The zero-order valence-corrected chi connectivity index (χ0v) is 9.93. The zero-order chi connectivity index (χ0) is 10.7. The van der Waals surface area contributed by atoms with Gasteiger partial charge in [0, 0.05) is 19.3 Å². The molecule has 1 atom stereocenters. The number of nitrogens with zero attached hydrogens (tertiary/aromatic N) is 1. The summed E-state index contributed by atoms with van der Waals surface area (Å²) in [7, 11) is -0.884. The molecule has 1 unspecified atom stereocenters. The average Bonchev–Trinajstić information content (AvgIpc) is 2.30. The molecule has 1 aromatic rings. The van der Waals surface area contributed by atoms with Crippen molar-refractivity contribution in [3.8, 4) is 0 Å². The van der Waals surface area contributed by atoms with Gasteiger partial charge in [0.25, 0.3) is 0 Å². The first-order valence-corrected chi connectivity index (χ1v) is 7.02. The molecule has 15 heavy (non-hydrogen) atoms. The van der Waals surface area contributed by atoms with E-state index in [0.29, 0.717) is 0 Å². The van der Waals surface area contributed by atoms with E-state index in [4.69, 9.17) is 0 Å². The van der Waals surface area contributed by atoms with Crippen LogP contribution < -0.4 is 4.90 Å². The topological polar surface area (TPSA) is 20.3 Å². The Balaban J connectivity index is 2.29. The van der Waals surface area contributed by atoms with Crippen molar-refractivity contribution in [1.29, 1.82) is 0 Å². The Morgan fingerprint density at radius 2 is 1.80 bits per heavy atom. The maximum atomic E-state index is 11.6. The molecule has 0 aliphatic carbocycles. The number of para-hydroxylation sites is 1. The molecule has 0 N–H and O–H groups in total. The van der Waals surface area contributed by atoms with Crippen molar-refractivity contribution in [2.45, 2.75) is 24.2 Å². The van der Waals surface area contributed by atoms with E-state index < -0.39 is 10.8 Å². The van der Waals surface area contributed by atoms with Crippen molar-refractivity contribution in [3.05, 3.63) is 24.3 Å². The van der Waals surface area contributed by atoms with Crippen LogP contribution in [0.15, 0.2) is 29.2 Å². The highest BCUT2D eigenvalue weighted by Gasteiger charge is 2.15. The third-order valence-electron chi connectivity index (χ3n) is 2.87. The molecular weight excluding hydrogens is 206 g/mol. The van der Waals surface area contributed by atoms with Crippen molar-refractivity contribution < 1.29 is 4.21 Å². The first kappa shape index (κ1) is 10.7. The molecule has 0 amide bonds. The summed E-state index contributed by atoms with van der Waals surface area (Å²) in [5, 5.41) is 0. The highest BCUT2D eigenvalue weighted by atomic mass is 32.2. The zero-order valence-electron chi connectivity index (χ0n) is 9.11. The van der Waals surface area contributed by atoms with E-state index in [0.717, 1.165) is 23.7 Å². The molecule has 1 saturated heterocycles. The van der Waals surface area contributed by atoms with Gasteiger partial charge in [-0.05, 0) is 31.4 Å². The molecule has 1 aliphatic heterocycles. The number of hydrogen-bond acceptors (Lipinski definition) is 2. The summed E-state index contributed by atoms with van der Waals surface area (Å²) in [5.41, 5.74) is 1.16. The summed E-state index contributed by atoms with van der Waals surface area (Å²) < 4.78 is 11.6. The fourth-order valence-electron chi connectivity index (χ4n) is 2.10. The predicted octanol–water partition coefficient (Wildman–Crippen LogP) is 2.41. The van der Waals surface area contributed by atoms with E-state index >= 15 is 0 Å². The first-order chi connectivity index (χ1) is 7.29. The van der Waals surface area contributed by atoms with Crippen molar-refractivity contribution in [1.82, 2.24) is 0 Å². The molecule has 2 rings (SSSR count). The molecule has 0 spiro atoms. The summed E-state index contributed by atoms with van der Waals surface area (Å²) in [5.74, 6) is 0. The molecule has 1 heterocycles. The van der Waals surface area contributed by atoms with Crippen LogP contribution in [0.3, 0.4) is 0 Å². The van der Waals surface area contributed by atoms with Gasteiger partial charge >= 0.3 is 0 Å². The molecule has 0 bridgehead atoms. The van der Waals surface area contributed by atoms with Crippen molar-refractivity contribution in [3.63, 3.8) is 0 Å². The van der Waals surface area contributed by atoms with Gasteiger partial charge in [0.2, 0.25) is 0 Å². The van der Waals surface area contributed by atoms with E-state index in [-0.39, 0.29) is 0 Å². The van der Waals surface area contributed by atoms with Gasteiger partial charge in [-0.1, -0.05) is 12.1 Å². The summed E-state index contributed by atoms with van der Waals surface area (Å²) in [6, 6.07) is 8.05. The fraction of sp³-hybridized carbons (Fsp3) is 0.500. The molecule has 1 aromatic carbocycles. The molecule has 3 heteroatoms. The lowest BCUT2D eigenvalue weighted by molar-refractivity contribution is 0.575. The second kappa shape index (κ2) is 4.79. The summed E-state index contributed by atoms with van der Waals surface area (Å²) in [4.78, 5) is 3.33. The third-order valence-corrected chi connectivity index (χ3v) is 3.84. The summed E-state index contributed by atoms with van der Waals surface area (Å²) >= 11 is 0. The lowest BCUT2D eigenvalue weighted by atomic mass is 10.1. The lowest BCUT2D eigenvalue weighted by Crippen LogP contribution is -2.30. The summed E-state index contributed by atoms with van der Waals surface area (Å²) in [6.45, 7) is 2.21. The fourth-order valence-corrected chi connectivity index (χ4v) is 2.86. The van der Waals surface area contributed by atoms with Gasteiger partial charge in [0.15, 0.2) is 0 Å². The Kier molecular flexibility index (Phi) is 3.41. The third kappa shape index (κ3) is 2.40. The van der Waals surface area contributed by atoms with Crippen molar-refractivity contribution in [2.75, 3.05) is 24.2 Å². The first-order valence-electron chi connectivity index (χ1n) is 5.46. The van der Waals surface area contributed by atoms with E-state index in [1.165, 1.54) is 19.3 Å². The maximum Gasteiger partial charge on any atom is 0.0618 e. The maximum absolute atomic E-state index is 11.6. The van der Waals surface area contributed by atoms with Gasteiger partial charge in [0.1, 0.15) is 0 Å². The Morgan fingerprint density at radius 1 is 1.13 bits per heavy atom. The number of benzene rings is 1. The normalized spacial score (nSPS) is 18.9. The molecule has 2 nitrogen and oxygen atoms in total. The Hall–Kier alpha value is -0.830. The molecule has 1 aliphatic rings. The highest BCUT2D eigenvalue weighted by molar-refractivity contribution is 7.84. The van der Waals surface area contributed by atoms with Crippen LogP contribution >= 0.6 is 0 Å². The van der Waals surface area contributed by atoms with Gasteiger partial charge in [-0.15, -0.1) is 0 Å². The molecule has 0 aromatic heterocycles. The van der Waals surface area contributed by atoms with Gasteiger partial charge in [-0.25, -0.2) is 0 Å². The average molecular weight is 223 g/mol. The number of anilines is 1. The molecule has 1 fully saturated rings. The minimum absolute atomic E-state index is 0.884. The van der Waals surface area contributed by atoms with E-state index in [1.54, 1.807) is 6.26 Å². The van der Waals surface area contributed by atoms with Crippen LogP contribution in [0.2, 0.25) is 0 Å². The number of piperidine rings is 1. The van der Waals surface area contributed by atoms with Gasteiger partial charge in [-0.2, -0.15) is 0 Å². The van der Waals surface area contributed by atoms with Crippen LogP contribution in [-0.4, -0.2) is 23.6 Å². The van der Waals surface area contributed by atoms with Crippen LogP contribution in [0.1, 0.15) is 19.3 Å². The Bertz CT molecular complexity index is 358. The molecule has 0 saturated carbocycles. The van der Waals surface area contributed by atoms with Gasteiger partial charge in [0.05, 0.1) is 21.4 Å². The highest BCUT2D eigenvalue weighted by Crippen LogP contribution is 2.25. The largest absolute Gasteiger partial charge is 0.371 e. The Morgan fingerprint density at radius 3 is 2.47 bits per heavy atom. The molecule has 82 valence electrons. The molecular formula is C12H17NOS. The van der Waals surface area contributed by atoms with Crippen LogP contribution in [0.25, 0.3) is 0 Å². The smallest absolute Gasteiger partial charge is 0.0618 e. The minimum atomic E-state index is -0.884. The lowest BCUT2D eigenvalue weighted by Gasteiger charge is -2.30. The number of hydrogen-bond donors (Lipinski definition) is 0. The number of rotatable bonds is 2. The van der Waals surface area contributed by atoms with Crippen LogP contribution in [0.5, 0.6) is 0 Å². The predicted molar refractivity (Wildman–Crippen MR) is 64.8 cm³/mol. The second-order valence-electron chi connectivity index (χ2n) is 3.97. The van der Waals surface area contributed by atoms with Crippen LogP contribution in [-0.2, 0) is 10.8 Å². The van der Waals surface area contributed by atoms with E-state index in [2.05, 4.69) is 11.0 Å². The van der Waals surface area contributed by atoms with Crippen molar-refractivity contribution in [2.24, 2.45) is 0 Å². The van der Waals surface area contributed by atoms with Crippen LogP contribution in [0.4, 0.5) is 5.69 Å². The quantitative estimate of drug-likeness (QED) is 0.767. The second-order valence-corrected chi connectivity index (χ2v) is 5.32. The minimum Gasteiger partial charge on any atom is -0.371 e. The van der Waals surface area contributed by atoms with Gasteiger partial charge < -0.3 is 4.90 Å². The van der Waals surface area contributed by atoms with Crippen LogP contribution in [0, 0.1) is 0 Å². The van der Waals surface area contributed by atoms with Crippen molar-refractivity contribution >= 4 is 16.5 Å². The summed E-state index contributed by atoms with van der Waals surface area (Å²) in [6.07, 6.45) is 5.59. The monoisotopic (exact) mass is 223 g/mol. The standard InChI is InChI=1S/C12H17NOS/c1-15(14)12-8-4-3-7-11(12)13-9-5-2-6-10-13/h3-4,7-8H,2,5-6,9-10H2,1H3. The molecule has 0 radical (unpaired) electrons.